The Hall–Kier alpha value is -0.110. The number of hydrogen-bond donors (Lipinski definition) is 1. The number of primary sulfonamides is 1. The fourth-order valence-electron chi connectivity index (χ4n) is 1.16. The number of rotatable bonds is 5. The largest absolute Gasteiger partial charge is 0.491 e. The summed E-state index contributed by atoms with van der Waals surface area (Å²) in [5.74, 6) is 0.589. The zero-order chi connectivity index (χ0) is 13.1. The Balaban J connectivity index is 3.03. The molecule has 0 saturated heterocycles. The van der Waals surface area contributed by atoms with Crippen LogP contribution in [0.15, 0.2) is 26.0 Å². The summed E-state index contributed by atoms with van der Waals surface area (Å²) in [7, 11) is -3.71. The molecule has 0 radical (unpaired) electrons. The summed E-state index contributed by atoms with van der Waals surface area (Å²) in [5, 5.41) is 5.06. The van der Waals surface area contributed by atoms with Gasteiger partial charge in [-0.25, -0.2) is 13.6 Å². The van der Waals surface area contributed by atoms with Gasteiger partial charge in [0.25, 0.3) is 0 Å². The monoisotopic (exact) mass is 385 g/mol. The molecule has 0 fully saturated rings. The van der Waals surface area contributed by atoms with Gasteiger partial charge in [0.15, 0.2) is 0 Å². The Morgan fingerprint density at radius 3 is 2.24 bits per heavy atom. The van der Waals surface area contributed by atoms with E-state index >= 15 is 0 Å². The average molecular weight is 387 g/mol. The summed E-state index contributed by atoms with van der Waals surface area (Å²) in [4.78, 5) is 0.0408. The van der Waals surface area contributed by atoms with Crippen LogP contribution in [0, 0.1) is 0 Å². The third-order valence-electron chi connectivity index (χ3n) is 2.04. The molecule has 0 aromatic heterocycles. The molecule has 96 valence electrons. The highest BCUT2D eigenvalue weighted by atomic mass is 79.9. The number of sulfonamides is 1. The number of benzene rings is 1. The molecule has 0 heterocycles. The average Bonchev–Trinajstić information content (AvgIpc) is 2.20. The van der Waals surface area contributed by atoms with Crippen molar-refractivity contribution >= 4 is 41.9 Å². The summed E-state index contributed by atoms with van der Waals surface area (Å²) >= 11 is 6.54. The Labute approximate surface area is 118 Å². The third-order valence-corrected chi connectivity index (χ3v) is 4.12. The first kappa shape index (κ1) is 14.9. The van der Waals surface area contributed by atoms with Crippen molar-refractivity contribution in [3.8, 4) is 5.75 Å². The SMILES string of the molecule is CCCCOc1c(Br)cc(S(N)(=O)=O)cc1Br. The minimum absolute atomic E-state index is 0.0408. The Bertz CT molecular complexity index is 479. The van der Waals surface area contributed by atoms with Crippen LogP contribution in [-0.2, 0) is 10.0 Å². The van der Waals surface area contributed by atoms with E-state index in [1.54, 1.807) is 0 Å². The second kappa shape index (κ2) is 6.17. The van der Waals surface area contributed by atoms with E-state index in [4.69, 9.17) is 9.88 Å². The molecule has 0 aliphatic heterocycles. The summed E-state index contributed by atoms with van der Waals surface area (Å²) in [6.45, 7) is 2.65. The minimum Gasteiger partial charge on any atom is -0.491 e. The molecule has 0 amide bonds. The van der Waals surface area contributed by atoms with Gasteiger partial charge in [0.05, 0.1) is 20.4 Å². The van der Waals surface area contributed by atoms with Crippen molar-refractivity contribution < 1.29 is 13.2 Å². The lowest BCUT2D eigenvalue weighted by molar-refractivity contribution is 0.305. The first-order valence-electron chi connectivity index (χ1n) is 5.01. The molecule has 1 aromatic rings. The lowest BCUT2D eigenvalue weighted by Crippen LogP contribution is -2.12. The van der Waals surface area contributed by atoms with Crippen molar-refractivity contribution in [2.45, 2.75) is 24.7 Å². The van der Waals surface area contributed by atoms with E-state index in [9.17, 15) is 8.42 Å². The van der Waals surface area contributed by atoms with Gasteiger partial charge in [-0.15, -0.1) is 0 Å². The molecular formula is C10H13Br2NO3S. The normalized spacial score (nSPS) is 11.5. The molecule has 0 bridgehead atoms. The molecule has 0 unspecified atom stereocenters. The molecule has 2 N–H and O–H groups in total. The van der Waals surface area contributed by atoms with Crippen molar-refractivity contribution in [3.63, 3.8) is 0 Å². The standard InChI is InChI=1S/C10H13Br2NO3S/c1-2-3-4-16-10-8(11)5-7(6-9(10)12)17(13,14)15/h5-6H,2-4H2,1H3,(H2,13,14,15). The predicted molar refractivity (Wildman–Crippen MR) is 73.6 cm³/mol. The van der Waals surface area contributed by atoms with E-state index in [2.05, 4.69) is 38.8 Å². The van der Waals surface area contributed by atoms with Crippen LogP contribution >= 0.6 is 31.9 Å². The molecule has 0 spiro atoms. The fraction of sp³-hybridized carbons (Fsp3) is 0.400. The van der Waals surface area contributed by atoms with Crippen LogP contribution in [0.25, 0.3) is 0 Å². The molecule has 17 heavy (non-hydrogen) atoms. The zero-order valence-electron chi connectivity index (χ0n) is 9.24. The maximum Gasteiger partial charge on any atom is 0.238 e. The smallest absolute Gasteiger partial charge is 0.238 e. The Morgan fingerprint density at radius 1 is 1.29 bits per heavy atom. The second-order valence-electron chi connectivity index (χ2n) is 3.46. The van der Waals surface area contributed by atoms with Gasteiger partial charge in [-0.05, 0) is 50.4 Å². The van der Waals surface area contributed by atoms with Gasteiger partial charge in [0.1, 0.15) is 5.75 Å². The van der Waals surface area contributed by atoms with E-state index in [-0.39, 0.29) is 4.90 Å². The lowest BCUT2D eigenvalue weighted by atomic mass is 10.3. The Kier molecular flexibility index (Phi) is 5.43. The lowest BCUT2D eigenvalue weighted by Gasteiger charge is -2.11. The van der Waals surface area contributed by atoms with Crippen molar-refractivity contribution in [2.24, 2.45) is 5.14 Å². The second-order valence-corrected chi connectivity index (χ2v) is 6.73. The van der Waals surface area contributed by atoms with Crippen LogP contribution in [-0.4, -0.2) is 15.0 Å². The number of ether oxygens (including phenoxy) is 1. The van der Waals surface area contributed by atoms with Gasteiger partial charge in [0.2, 0.25) is 10.0 Å². The highest BCUT2D eigenvalue weighted by Crippen LogP contribution is 2.35. The molecule has 0 aliphatic carbocycles. The number of halogens is 2. The quantitative estimate of drug-likeness (QED) is 0.790. The van der Waals surface area contributed by atoms with Crippen molar-refractivity contribution in [2.75, 3.05) is 6.61 Å². The van der Waals surface area contributed by atoms with E-state index in [0.29, 0.717) is 21.3 Å². The van der Waals surface area contributed by atoms with Gasteiger partial charge < -0.3 is 4.74 Å². The summed E-state index contributed by atoms with van der Waals surface area (Å²) in [6.07, 6.45) is 1.97. The van der Waals surface area contributed by atoms with E-state index in [1.165, 1.54) is 12.1 Å². The third kappa shape index (κ3) is 4.24. The first-order chi connectivity index (χ1) is 7.86. The van der Waals surface area contributed by atoms with Crippen molar-refractivity contribution in [1.29, 1.82) is 0 Å². The minimum atomic E-state index is -3.71. The van der Waals surface area contributed by atoms with Crippen LogP contribution < -0.4 is 9.88 Å². The van der Waals surface area contributed by atoms with Crippen LogP contribution in [0.1, 0.15) is 19.8 Å². The first-order valence-corrected chi connectivity index (χ1v) is 8.14. The van der Waals surface area contributed by atoms with Crippen LogP contribution in [0.3, 0.4) is 0 Å². The van der Waals surface area contributed by atoms with E-state index in [1.807, 2.05) is 0 Å². The molecule has 0 saturated carbocycles. The summed E-state index contributed by atoms with van der Waals surface area (Å²) in [5.41, 5.74) is 0. The summed E-state index contributed by atoms with van der Waals surface area (Å²) < 4.78 is 29.1. The van der Waals surface area contributed by atoms with Gasteiger partial charge in [-0.2, -0.15) is 0 Å². The molecular weight excluding hydrogens is 374 g/mol. The van der Waals surface area contributed by atoms with Crippen LogP contribution in [0.5, 0.6) is 5.75 Å². The summed E-state index contributed by atoms with van der Waals surface area (Å²) in [6, 6.07) is 2.86. The highest BCUT2D eigenvalue weighted by Gasteiger charge is 2.15. The van der Waals surface area contributed by atoms with Crippen molar-refractivity contribution in [3.05, 3.63) is 21.1 Å². The highest BCUT2D eigenvalue weighted by molar-refractivity contribution is 9.11. The molecule has 1 aromatic carbocycles. The number of nitrogens with two attached hydrogens (primary N) is 1. The zero-order valence-corrected chi connectivity index (χ0v) is 13.2. The molecule has 0 aliphatic rings. The van der Waals surface area contributed by atoms with Gasteiger partial charge in [-0.3, -0.25) is 0 Å². The molecule has 0 atom stereocenters. The van der Waals surface area contributed by atoms with Gasteiger partial charge in [-0.1, -0.05) is 13.3 Å². The van der Waals surface area contributed by atoms with Crippen molar-refractivity contribution in [1.82, 2.24) is 0 Å². The molecule has 1 rings (SSSR count). The molecule has 7 heteroatoms. The van der Waals surface area contributed by atoms with E-state index < -0.39 is 10.0 Å². The Morgan fingerprint density at radius 2 is 1.82 bits per heavy atom. The van der Waals surface area contributed by atoms with Gasteiger partial charge >= 0.3 is 0 Å². The van der Waals surface area contributed by atoms with Gasteiger partial charge in [0, 0.05) is 0 Å². The predicted octanol–water partition coefficient (Wildman–Crippen LogP) is 3.04. The maximum atomic E-state index is 11.2. The molecule has 4 nitrogen and oxygen atoms in total. The van der Waals surface area contributed by atoms with E-state index in [0.717, 1.165) is 12.8 Å². The fourth-order valence-corrected chi connectivity index (χ4v) is 3.44. The maximum absolute atomic E-state index is 11.2. The number of hydrogen-bond acceptors (Lipinski definition) is 3. The topological polar surface area (TPSA) is 69.4 Å². The van der Waals surface area contributed by atoms with Crippen LogP contribution in [0.2, 0.25) is 0 Å². The number of unbranched alkanes of at least 4 members (excludes halogenated alkanes) is 1. The van der Waals surface area contributed by atoms with Crippen LogP contribution in [0.4, 0.5) is 0 Å².